The Morgan fingerprint density at radius 2 is 1.92 bits per heavy atom. The standard InChI is InChI=1S/C17H17N3O2.CH2O2/c1-9-7-10(2)15-13(8-9)14(5-6-18-15)20-17(21)16-11(3)19-12(4)22-16;2-1-3/h5-8H,1-4H3,(H,18,20,21);1H,(H,2,3). The zero-order valence-electron chi connectivity index (χ0n) is 14.5. The molecule has 2 N–H and O–H groups in total. The Balaban J connectivity index is 0.000000701. The fourth-order valence-electron chi connectivity index (χ4n) is 2.64. The van der Waals surface area contributed by atoms with Crippen LogP contribution in [0, 0.1) is 27.7 Å². The summed E-state index contributed by atoms with van der Waals surface area (Å²) < 4.78 is 5.37. The number of hydrogen-bond acceptors (Lipinski definition) is 5. The summed E-state index contributed by atoms with van der Waals surface area (Å²) in [6.07, 6.45) is 1.69. The Morgan fingerprint density at radius 1 is 1.24 bits per heavy atom. The van der Waals surface area contributed by atoms with Crippen molar-refractivity contribution in [3.05, 3.63) is 52.9 Å². The summed E-state index contributed by atoms with van der Waals surface area (Å²) in [5.74, 6) is 0.422. The van der Waals surface area contributed by atoms with E-state index < -0.39 is 0 Å². The third-order valence-corrected chi connectivity index (χ3v) is 3.54. The monoisotopic (exact) mass is 341 g/mol. The van der Waals surface area contributed by atoms with Crippen molar-refractivity contribution in [2.45, 2.75) is 27.7 Å². The van der Waals surface area contributed by atoms with Crippen LogP contribution in [0.25, 0.3) is 10.9 Å². The van der Waals surface area contributed by atoms with E-state index in [1.165, 1.54) is 0 Å². The number of nitrogens with one attached hydrogen (secondary N) is 1. The highest BCUT2D eigenvalue weighted by Crippen LogP contribution is 2.26. The van der Waals surface area contributed by atoms with Crippen LogP contribution in [0.2, 0.25) is 0 Å². The van der Waals surface area contributed by atoms with Gasteiger partial charge in [0.25, 0.3) is 12.4 Å². The number of aromatic nitrogens is 2. The van der Waals surface area contributed by atoms with Gasteiger partial charge in [-0.2, -0.15) is 0 Å². The average molecular weight is 341 g/mol. The molecular weight excluding hydrogens is 322 g/mol. The summed E-state index contributed by atoms with van der Waals surface area (Å²) in [5, 5.41) is 10.7. The molecule has 3 rings (SSSR count). The maximum absolute atomic E-state index is 12.4. The quantitative estimate of drug-likeness (QED) is 0.692. The van der Waals surface area contributed by atoms with Crippen LogP contribution in [-0.2, 0) is 4.79 Å². The van der Waals surface area contributed by atoms with Gasteiger partial charge in [-0.3, -0.25) is 14.6 Å². The molecule has 0 fully saturated rings. The SMILES string of the molecule is Cc1cc(C)c2nccc(NC(=O)c3oc(C)nc3C)c2c1.O=CO. The lowest BCUT2D eigenvalue weighted by Crippen LogP contribution is -2.12. The molecular formula is C18H19N3O4. The molecule has 0 aliphatic rings. The second kappa shape index (κ2) is 7.57. The van der Waals surface area contributed by atoms with E-state index in [0.29, 0.717) is 11.6 Å². The van der Waals surface area contributed by atoms with Crippen LogP contribution < -0.4 is 5.32 Å². The summed E-state index contributed by atoms with van der Waals surface area (Å²) in [4.78, 5) is 29.3. The topological polar surface area (TPSA) is 105 Å². The van der Waals surface area contributed by atoms with Crippen LogP contribution in [0.1, 0.15) is 33.3 Å². The van der Waals surface area contributed by atoms with Crippen molar-refractivity contribution < 1.29 is 19.1 Å². The van der Waals surface area contributed by atoms with Gasteiger partial charge in [0, 0.05) is 18.5 Å². The van der Waals surface area contributed by atoms with Gasteiger partial charge in [-0.15, -0.1) is 0 Å². The Morgan fingerprint density at radius 3 is 2.52 bits per heavy atom. The van der Waals surface area contributed by atoms with E-state index in [4.69, 9.17) is 14.3 Å². The first-order chi connectivity index (χ1) is 11.9. The first kappa shape index (κ1) is 18.1. The minimum atomic E-state index is -0.301. The first-order valence-electron chi connectivity index (χ1n) is 7.56. The number of benzene rings is 1. The Hall–Kier alpha value is -3.22. The number of rotatable bonds is 2. The number of carbonyl (C=O) groups is 2. The van der Waals surface area contributed by atoms with Crippen LogP contribution in [0.4, 0.5) is 5.69 Å². The number of hydrogen-bond donors (Lipinski definition) is 2. The highest BCUT2D eigenvalue weighted by atomic mass is 16.4. The number of amides is 1. The van der Waals surface area contributed by atoms with E-state index in [1.807, 2.05) is 19.9 Å². The van der Waals surface area contributed by atoms with Gasteiger partial charge in [-0.05, 0) is 38.5 Å². The normalized spacial score (nSPS) is 10.1. The molecule has 130 valence electrons. The van der Waals surface area contributed by atoms with Crippen molar-refractivity contribution in [3.63, 3.8) is 0 Å². The van der Waals surface area contributed by atoms with Gasteiger partial charge < -0.3 is 14.8 Å². The molecule has 0 saturated carbocycles. The van der Waals surface area contributed by atoms with Crippen molar-refractivity contribution in [1.29, 1.82) is 0 Å². The summed E-state index contributed by atoms with van der Waals surface area (Å²) in [7, 11) is 0. The third kappa shape index (κ3) is 4.00. The number of carboxylic acid groups (broad SMARTS) is 1. The number of nitrogens with zero attached hydrogens (tertiary/aromatic N) is 2. The van der Waals surface area contributed by atoms with E-state index in [-0.39, 0.29) is 18.1 Å². The summed E-state index contributed by atoms with van der Waals surface area (Å²) in [5.41, 5.74) is 4.39. The molecule has 0 atom stereocenters. The van der Waals surface area contributed by atoms with Gasteiger partial charge in [0.1, 0.15) is 0 Å². The molecule has 1 amide bonds. The smallest absolute Gasteiger partial charge is 0.293 e. The number of fused-ring (bicyclic) bond motifs is 1. The fourth-order valence-corrected chi connectivity index (χ4v) is 2.64. The lowest BCUT2D eigenvalue weighted by Gasteiger charge is -2.10. The zero-order chi connectivity index (χ0) is 18.6. The maximum atomic E-state index is 12.4. The third-order valence-electron chi connectivity index (χ3n) is 3.54. The minimum absolute atomic E-state index is 0.242. The minimum Gasteiger partial charge on any atom is -0.483 e. The first-order valence-corrected chi connectivity index (χ1v) is 7.56. The summed E-state index contributed by atoms with van der Waals surface area (Å²) in [6.45, 7) is 7.26. The molecule has 0 unspecified atom stereocenters. The van der Waals surface area contributed by atoms with Gasteiger partial charge in [-0.1, -0.05) is 11.6 Å². The van der Waals surface area contributed by atoms with Crippen molar-refractivity contribution in [2.75, 3.05) is 5.32 Å². The van der Waals surface area contributed by atoms with E-state index in [1.54, 1.807) is 26.1 Å². The Bertz CT molecular complexity index is 931. The molecule has 0 bridgehead atoms. The van der Waals surface area contributed by atoms with Gasteiger partial charge >= 0.3 is 0 Å². The molecule has 0 aliphatic heterocycles. The lowest BCUT2D eigenvalue weighted by molar-refractivity contribution is -0.122. The van der Waals surface area contributed by atoms with Gasteiger partial charge in [0.2, 0.25) is 5.76 Å². The van der Waals surface area contributed by atoms with Crippen LogP contribution in [0.15, 0.2) is 28.8 Å². The Kier molecular flexibility index (Phi) is 5.49. The van der Waals surface area contributed by atoms with Crippen LogP contribution in [0.5, 0.6) is 0 Å². The average Bonchev–Trinajstić information content (AvgIpc) is 2.87. The van der Waals surface area contributed by atoms with Crippen molar-refractivity contribution >= 4 is 29.0 Å². The lowest BCUT2D eigenvalue weighted by atomic mass is 10.1. The van der Waals surface area contributed by atoms with Crippen molar-refractivity contribution in [2.24, 2.45) is 0 Å². The van der Waals surface area contributed by atoms with Gasteiger partial charge in [-0.25, -0.2) is 4.98 Å². The number of anilines is 1. The highest BCUT2D eigenvalue weighted by Gasteiger charge is 2.17. The molecule has 7 nitrogen and oxygen atoms in total. The number of pyridine rings is 1. The number of carbonyl (C=O) groups excluding carboxylic acids is 1. The van der Waals surface area contributed by atoms with E-state index in [2.05, 4.69) is 21.4 Å². The molecule has 2 heterocycles. The van der Waals surface area contributed by atoms with E-state index in [0.717, 1.165) is 27.7 Å². The largest absolute Gasteiger partial charge is 0.483 e. The second-order valence-electron chi connectivity index (χ2n) is 5.54. The maximum Gasteiger partial charge on any atom is 0.293 e. The zero-order valence-corrected chi connectivity index (χ0v) is 14.5. The van der Waals surface area contributed by atoms with Crippen molar-refractivity contribution in [3.8, 4) is 0 Å². The predicted octanol–water partition coefficient (Wildman–Crippen LogP) is 3.41. The summed E-state index contributed by atoms with van der Waals surface area (Å²) in [6, 6.07) is 5.88. The van der Waals surface area contributed by atoms with Gasteiger partial charge in [0.05, 0.1) is 16.9 Å². The van der Waals surface area contributed by atoms with Crippen LogP contribution >= 0.6 is 0 Å². The summed E-state index contributed by atoms with van der Waals surface area (Å²) >= 11 is 0. The molecule has 0 spiro atoms. The highest BCUT2D eigenvalue weighted by molar-refractivity contribution is 6.08. The fraction of sp³-hybridized carbons (Fsp3) is 0.222. The molecule has 0 saturated heterocycles. The van der Waals surface area contributed by atoms with Crippen molar-refractivity contribution in [1.82, 2.24) is 9.97 Å². The molecule has 1 aromatic carbocycles. The molecule has 25 heavy (non-hydrogen) atoms. The number of aryl methyl sites for hydroxylation is 4. The van der Waals surface area contributed by atoms with E-state index >= 15 is 0 Å². The molecule has 2 aromatic heterocycles. The van der Waals surface area contributed by atoms with E-state index in [9.17, 15) is 4.79 Å². The van der Waals surface area contributed by atoms with Crippen LogP contribution in [0.3, 0.4) is 0 Å². The molecule has 7 heteroatoms. The molecule has 3 aromatic rings. The number of oxazole rings is 1. The Labute approximate surface area is 144 Å². The molecule has 0 aliphatic carbocycles. The predicted molar refractivity (Wildman–Crippen MR) is 93.8 cm³/mol. The van der Waals surface area contributed by atoms with Gasteiger partial charge in [0.15, 0.2) is 5.89 Å². The van der Waals surface area contributed by atoms with Crippen LogP contribution in [-0.4, -0.2) is 27.5 Å². The molecule has 0 radical (unpaired) electrons. The second-order valence-corrected chi connectivity index (χ2v) is 5.54.